The van der Waals surface area contributed by atoms with Gasteiger partial charge in [-0.2, -0.15) is 0 Å². The number of hydrogen-bond acceptors (Lipinski definition) is 3. The molecule has 0 bridgehead atoms. The monoisotopic (exact) mass is 159 g/mol. The van der Waals surface area contributed by atoms with E-state index in [1.54, 1.807) is 0 Å². The van der Waals surface area contributed by atoms with Gasteiger partial charge in [-0.15, -0.1) is 0 Å². The SMILES string of the molecule is O=[PH+]C(O)P(=O)(O)O. The molecule has 0 aliphatic rings. The first kappa shape index (κ1) is 8.21. The van der Waals surface area contributed by atoms with E-state index < -0.39 is 21.6 Å². The van der Waals surface area contributed by atoms with E-state index in [0.717, 1.165) is 0 Å². The molecule has 0 aliphatic carbocycles. The summed E-state index contributed by atoms with van der Waals surface area (Å²) in [5.74, 6) is 0. The van der Waals surface area contributed by atoms with Crippen LogP contribution in [0.25, 0.3) is 0 Å². The van der Waals surface area contributed by atoms with Gasteiger partial charge in [0.05, 0.1) is 0 Å². The number of aliphatic hydroxyl groups is 1. The van der Waals surface area contributed by atoms with Crippen molar-refractivity contribution in [2.75, 3.05) is 0 Å². The Labute approximate surface area is 46.7 Å². The summed E-state index contributed by atoms with van der Waals surface area (Å²) in [4.78, 5) is 15.9. The third kappa shape index (κ3) is 2.50. The van der Waals surface area contributed by atoms with Crippen LogP contribution in [0.2, 0.25) is 0 Å². The molecular weight excluding hydrogens is 154 g/mol. The zero-order chi connectivity index (χ0) is 6.78. The van der Waals surface area contributed by atoms with Crippen molar-refractivity contribution in [2.45, 2.75) is 5.59 Å². The minimum Gasteiger partial charge on any atom is -0.342 e. The average Bonchev–Trinajstić information content (AvgIpc) is 1.62. The second-order valence-corrected chi connectivity index (χ2v) is 4.02. The van der Waals surface area contributed by atoms with Crippen LogP contribution >= 0.6 is 16.1 Å². The van der Waals surface area contributed by atoms with Crippen molar-refractivity contribution in [1.82, 2.24) is 0 Å². The number of rotatable bonds is 2. The van der Waals surface area contributed by atoms with Crippen LogP contribution < -0.4 is 0 Å². The highest BCUT2D eigenvalue weighted by molar-refractivity contribution is 7.61. The Morgan fingerprint density at radius 1 is 1.50 bits per heavy atom. The van der Waals surface area contributed by atoms with Crippen LogP contribution in [-0.4, -0.2) is 20.5 Å². The highest BCUT2D eigenvalue weighted by Crippen LogP contribution is 2.44. The maximum absolute atomic E-state index is 9.81. The van der Waals surface area contributed by atoms with Gasteiger partial charge >= 0.3 is 21.6 Å². The van der Waals surface area contributed by atoms with Gasteiger partial charge in [0.25, 0.3) is 0 Å². The second kappa shape index (κ2) is 2.67. The summed E-state index contributed by atoms with van der Waals surface area (Å²) in [6, 6.07) is 0. The summed E-state index contributed by atoms with van der Waals surface area (Å²) in [6.07, 6.45) is 0. The molecule has 2 atom stereocenters. The van der Waals surface area contributed by atoms with Crippen molar-refractivity contribution in [3.63, 3.8) is 0 Å². The molecule has 0 aromatic rings. The first-order valence-electron chi connectivity index (χ1n) is 1.59. The van der Waals surface area contributed by atoms with E-state index in [9.17, 15) is 9.13 Å². The van der Waals surface area contributed by atoms with E-state index in [0.29, 0.717) is 0 Å². The smallest absolute Gasteiger partial charge is 0.342 e. The van der Waals surface area contributed by atoms with Crippen molar-refractivity contribution in [3.8, 4) is 0 Å². The highest BCUT2D eigenvalue weighted by Gasteiger charge is 2.33. The van der Waals surface area contributed by atoms with Crippen LogP contribution in [0.5, 0.6) is 0 Å². The molecule has 48 valence electrons. The Balaban J connectivity index is 4.02. The lowest BCUT2D eigenvalue weighted by molar-refractivity contribution is 0.260. The van der Waals surface area contributed by atoms with Gasteiger partial charge in [0.15, 0.2) is 0 Å². The van der Waals surface area contributed by atoms with Crippen LogP contribution in [0.4, 0.5) is 0 Å². The molecule has 3 N–H and O–H groups in total. The molecule has 0 spiro atoms. The quantitative estimate of drug-likeness (QED) is 0.470. The zero-order valence-electron chi connectivity index (χ0n) is 3.68. The van der Waals surface area contributed by atoms with Gasteiger partial charge < -0.3 is 14.9 Å². The average molecular weight is 159 g/mol. The van der Waals surface area contributed by atoms with Crippen LogP contribution in [0, 0.1) is 0 Å². The lowest BCUT2D eigenvalue weighted by atomic mass is 11.7. The molecule has 0 saturated heterocycles. The summed E-state index contributed by atoms with van der Waals surface area (Å²) in [7, 11) is -5.88. The van der Waals surface area contributed by atoms with Gasteiger partial charge in [0.2, 0.25) is 0 Å². The molecule has 5 nitrogen and oxygen atoms in total. The lowest BCUT2D eigenvalue weighted by Gasteiger charge is -1.95. The normalized spacial score (nSPS) is 16.4. The standard InChI is InChI=1S/CH4O5P2/c2-1(7-3)8(4,5)6/h1-2H,(H2,4,5,6)/p+1. The minimum atomic E-state index is -4.50. The summed E-state index contributed by atoms with van der Waals surface area (Å²) < 4.78 is 19.4. The predicted molar refractivity (Wildman–Crippen MR) is 27.1 cm³/mol. The Bertz CT molecular complexity index is 124. The molecule has 0 aromatic carbocycles. The van der Waals surface area contributed by atoms with Crippen molar-refractivity contribution < 1.29 is 24.0 Å². The molecule has 0 heterocycles. The molecule has 0 aliphatic heterocycles. The van der Waals surface area contributed by atoms with Gasteiger partial charge in [-0.3, -0.25) is 4.57 Å². The minimum absolute atomic E-state index is 1.37. The molecule has 2 unspecified atom stereocenters. The molecule has 0 amide bonds. The van der Waals surface area contributed by atoms with E-state index in [4.69, 9.17) is 14.9 Å². The van der Waals surface area contributed by atoms with Crippen LogP contribution in [0.3, 0.4) is 0 Å². The van der Waals surface area contributed by atoms with E-state index in [1.807, 2.05) is 0 Å². The number of aliphatic hydroxyl groups excluding tert-OH is 1. The van der Waals surface area contributed by atoms with E-state index in [2.05, 4.69) is 0 Å². The van der Waals surface area contributed by atoms with E-state index in [-0.39, 0.29) is 0 Å². The topological polar surface area (TPSA) is 94.8 Å². The maximum Gasteiger partial charge on any atom is 0.403 e. The van der Waals surface area contributed by atoms with Crippen LogP contribution in [-0.2, 0) is 9.13 Å². The first-order chi connectivity index (χ1) is 3.48. The molecule has 0 rings (SSSR count). The van der Waals surface area contributed by atoms with Gasteiger partial charge in [0, 0.05) is 0 Å². The fraction of sp³-hybridized carbons (Fsp3) is 1.00. The van der Waals surface area contributed by atoms with Gasteiger partial charge in [-0.1, -0.05) is 4.57 Å². The predicted octanol–water partition coefficient (Wildman–Crippen LogP) is -0.536. The number of hydrogen-bond donors (Lipinski definition) is 3. The van der Waals surface area contributed by atoms with E-state index >= 15 is 0 Å². The molecule has 0 fully saturated rings. The first-order valence-corrected chi connectivity index (χ1v) is 4.26. The van der Waals surface area contributed by atoms with Gasteiger partial charge in [-0.05, 0) is 0 Å². The third-order valence-corrected chi connectivity index (χ3v) is 2.60. The molecule has 8 heavy (non-hydrogen) atoms. The van der Waals surface area contributed by atoms with Crippen molar-refractivity contribution >= 4 is 16.1 Å². The molecule has 0 radical (unpaired) electrons. The molecular formula is CH5O5P2+. The van der Waals surface area contributed by atoms with Crippen LogP contribution in [0.15, 0.2) is 0 Å². The van der Waals surface area contributed by atoms with E-state index in [1.165, 1.54) is 0 Å². The van der Waals surface area contributed by atoms with Gasteiger partial charge in [-0.25, -0.2) is 0 Å². The zero-order valence-corrected chi connectivity index (χ0v) is 5.58. The summed E-state index contributed by atoms with van der Waals surface area (Å²) in [5, 5.41) is 8.13. The fourth-order valence-corrected chi connectivity index (χ4v) is 0.618. The molecule has 7 heteroatoms. The Kier molecular flexibility index (Phi) is 2.74. The Hall–Kier alpha value is 0.210. The molecule has 0 aromatic heterocycles. The summed E-state index contributed by atoms with van der Waals surface area (Å²) in [5.41, 5.74) is -2.01. The summed E-state index contributed by atoms with van der Waals surface area (Å²) in [6.45, 7) is 0. The lowest BCUT2D eigenvalue weighted by Crippen LogP contribution is -1.95. The largest absolute Gasteiger partial charge is 0.403 e. The van der Waals surface area contributed by atoms with Crippen molar-refractivity contribution in [1.29, 1.82) is 0 Å². The van der Waals surface area contributed by atoms with Crippen LogP contribution in [0.1, 0.15) is 0 Å². The maximum atomic E-state index is 9.81. The Morgan fingerprint density at radius 3 is 1.88 bits per heavy atom. The van der Waals surface area contributed by atoms with Crippen molar-refractivity contribution in [3.05, 3.63) is 0 Å². The Morgan fingerprint density at radius 2 is 1.88 bits per heavy atom. The fourth-order valence-electron chi connectivity index (χ4n) is 0.0687. The summed E-state index contributed by atoms with van der Waals surface area (Å²) >= 11 is 0. The highest BCUT2D eigenvalue weighted by atomic mass is 31.2. The molecule has 0 saturated carbocycles. The van der Waals surface area contributed by atoms with Crippen molar-refractivity contribution in [2.24, 2.45) is 0 Å². The third-order valence-electron chi connectivity index (χ3n) is 0.424. The second-order valence-electron chi connectivity index (χ2n) is 1.08. The van der Waals surface area contributed by atoms with Gasteiger partial charge in [0.1, 0.15) is 0 Å².